The number of nitrogens with one attached hydrogen (secondary N) is 1. The Hall–Kier alpha value is -4.79. The molecule has 1 N–H and O–H groups in total. The summed E-state index contributed by atoms with van der Waals surface area (Å²) in [6.07, 6.45) is 0. The Morgan fingerprint density at radius 2 is 1.67 bits per heavy atom. The molecule has 3 aromatic carbocycles. The lowest BCUT2D eigenvalue weighted by atomic mass is 10.1. The Kier molecular flexibility index (Phi) is 6.03. The van der Waals surface area contributed by atoms with Crippen LogP contribution in [0, 0.1) is 13.8 Å². The highest BCUT2D eigenvalue weighted by Crippen LogP contribution is 2.18. The van der Waals surface area contributed by atoms with Gasteiger partial charge in [0.25, 0.3) is 5.56 Å². The van der Waals surface area contributed by atoms with Gasteiger partial charge in [-0.15, -0.1) is 0 Å². The minimum Gasteiger partial charge on any atom is -0.337 e. The lowest BCUT2D eigenvalue weighted by Crippen LogP contribution is -2.42. The monoisotopic (exact) mass is 481 g/mol. The normalized spacial score (nSPS) is 11.1. The van der Waals surface area contributed by atoms with Gasteiger partial charge in [-0.25, -0.2) is 4.79 Å². The highest BCUT2D eigenvalue weighted by molar-refractivity contribution is 5.92. The second-order valence-electron chi connectivity index (χ2n) is 8.45. The summed E-state index contributed by atoms with van der Waals surface area (Å²) in [5.41, 5.74) is 2.63. The van der Waals surface area contributed by atoms with E-state index in [-0.39, 0.29) is 24.9 Å². The minimum absolute atomic E-state index is 0.106. The van der Waals surface area contributed by atoms with Crippen molar-refractivity contribution in [3.63, 3.8) is 0 Å². The third kappa shape index (κ3) is 4.34. The van der Waals surface area contributed by atoms with Gasteiger partial charge in [-0.1, -0.05) is 59.8 Å². The van der Waals surface area contributed by atoms with Crippen molar-refractivity contribution in [3.8, 4) is 11.4 Å². The number of aryl methyl sites for hydroxylation is 1. The summed E-state index contributed by atoms with van der Waals surface area (Å²) >= 11 is 0. The maximum Gasteiger partial charge on any atom is 0.332 e. The molecule has 0 aliphatic carbocycles. The number of carbonyl (C=O) groups excluding carboxylic acids is 1. The number of hydrogen-bond donors (Lipinski definition) is 1. The molecule has 0 aliphatic rings. The van der Waals surface area contributed by atoms with Gasteiger partial charge in [-0.2, -0.15) is 4.98 Å². The number of amides is 1. The van der Waals surface area contributed by atoms with E-state index in [4.69, 9.17) is 4.52 Å². The van der Waals surface area contributed by atoms with Crippen LogP contribution in [0.1, 0.15) is 17.0 Å². The Balaban J connectivity index is 1.51. The van der Waals surface area contributed by atoms with Gasteiger partial charge >= 0.3 is 5.69 Å². The number of carbonyl (C=O) groups is 1. The van der Waals surface area contributed by atoms with Gasteiger partial charge in [-0.05, 0) is 43.2 Å². The van der Waals surface area contributed by atoms with Gasteiger partial charge in [0.2, 0.25) is 17.6 Å². The smallest absolute Gasteiger partial charge is 0.332 e. The van der Waals surface area contributed by atoms with Crippen LogP contribution < -0.4 is 16.6 Å². The third-order valence-corrected chi connectivity index (χ3v) is 6.11. The summed E-state index contributed by atoms with van der Waals surface area (Å²) in [5.74, 6) is 0.0766. The van der Waals surface area contributed by atoms with Gasteiger partial charge < -0.3 is 9.84 Å². The van der Waals surface area contributed by atoms with Crippen molar-refractivity contribution in [1.82, 2.24) is 19.3 Å². The molecule has 0 saturated heterocycles. The first-order valence-corrected chi connectivity index (χ1v) is 11.4. The van der Waals surface area contributed by atoms with E-state index < -0.39 is 11.2 Å². The van der Waals surface area contributed by atoms with E-state index in [9.17, 15) is 14.4 Å². The summed E-state index contributed by atoms with van der Waals surface area (Å²) in [7, 11) is 0. The molecule has 9 heteroatoms. The molecule has 36 heavy (non-hydrogen) atoms. The van der Waals surface area contributed by atoms with Crippen LogP contribution in [0.4, 0.5) is 5.69 Å². The summed E-state index contributed by atoms with van der Waals surface area (Å²) in [6.45, 7) is 3.38. The van der Waals surface area contributed by atoms with Gasteiger partial charge in [-0.3, -0.25) is 18.7 Å². The molecular weight excluding hydrogens is 458 g/mol. The molecule has 2 aromatic heterocycles. The molecule has 2 heterocycles. The highest BCUT2D eigenvalue weighted by Gasteiger charge is 2.18. The number of nitrogens with zero attached hydrogens (tertiary/aromatic N) is 4. The summed E-state index contributed by atoms with van der Waals surface area (Å²) in [6, 6.07) is 21.5. The van der Waals surface area contributed by atoms with Crippen LogP contribution >= 0.6 is 0 Å². The highest BCUT2D eigenvalue weighted by atomic mass is 16.5. The van der Waals surface area contributed by atoms with E-state index in [0.717, 1.165) is 21.3 Å². The van der Waals surface area contributed by atoms with Gasteiger partial charge in [0, 0.05) is 11.3 Å². The lowest BCUT2D eigenvalue weighted by Gasteiger charge is -2.14. The second kappa shape index (κ2) is 9.46. The van der Waals surface area contributed by atoms with E-state index in [2.05, 4.69) is 15.5 Å². The molecule has 0 atom stereocenters. The van der Waals surface area contributed by atoms with E-state index >= 15 is 0 Å². The van der Waals surface area contributed by atoms with E-state index in [0.29, 0.717) is 22.4 Å². The topological polar surface area (TPSA) is 112 Å². The van der Waals surface area contributed by atoms with Gasteiger partial charge in [0.1, 0.15) is 13.1 Å². The molecular formula is C27H23N5O4. The van der Waals surface area contributed by atoms with Crippen LogP contribution in [-0.4, -0.2) is 25.2 Å². The zero-order valence-corrected chi connectivity index (χ0v) is 19.8. The zero-order chi connectivity index (χ0) is 25.2. The van der Waals surface area contributed by atoms with Gasteiger partial charge in [0.15, 0.2) is 0 Å². The molecule has 0 bridgehead atoms. The van der Waals surface area contributed by atoms with Crippen molar-refractivity contribution < 1.29 is 9.32 Å². The third-order valence-electron chi connectivity index (χ3n) is 6.11. The Morgan fingerprint density at radius 3 is 2.47 bits per heavy atom. The van der Waals surface area contributed by atoms with Crippen molar-refractivity contribution in [2.24, 2.45) is 0 Å². The first-order chi connectivity index (χ1) is 17.4. The number of aromatic nitrogens is 4. The number of hydrogen-bond acceptors (Lipinski definition) is 6. The Labute approximate surface area is 205 Å². The van der Waals surface area contributed by atoms with E-state index in [1.807, 2.05) is 62.4 Å². The number of fused-ring (bicyclic) bond motifs is 1. The molecule has 0 spiro atoms. The van der Waals surface area contributed by atoms with E-state index in [1.165, 1.54) is 4.57 Å². The van der Waals surface area contributed by atoms with Crippen LogP contribution in [0.5, 0.6) is 0 Å². The average Bonchev–Trinajstić information content (AvgIpc) is 3.36. The van der Waals surface area contributed by atoms with Crippen LogP contribution in [0.3, 0.4) is 0 Å². The lowest BCUT2D eigenvalue weighted by molar-refractivity contribution is -0.116. The van der Waals surface area contributed by atoms with Crippen molar-refractivity contribution in [2.45, 2.75) is 26.9 Å². The summed E-state index contributed by atoms with van der Waals surface area (Å²) < 4.78 is 7.61. The van der Waals surface area contributed by atoms with E-state index in [1.54, 1.807) is 24.3 Å². The molecule has 0 unspecified atom stereocenters. The first kappa shape index (κ1) is 23.0. The standard InChI is InChI=1S/C27H23N5O4/c1-17-9-8-13-21(18(17)2)28-23(33)15-31-22-14-7-6-12-20(22)26(34)32(27(31)35)16-24-29-25(30-36-24)19-10-4-3-5-11-19/h3-14H,15-16H2,1-2H3,(H,28,33). The van der Waals surface area contributed by atoms with Crippen LogP contribution in [0.15, 0.2) is 86.9 Å². The van der Waals surface area contributed by atoms with Crippen LogP contribution in [0.25, 0.3) is 22.3 Å². The summed E-state index contributed by atoms with van der Waals surface area (Å²) in [4.78, 5) is 43.9. The molecule has 5 aromatic rings. The van der Waals surface area contributed by atoms with Crippen molar-refractivity contribution in [2.75, 3.05) is 5.32 Å². The fourth-order valence-electron chi connectivity index (χ4n) is 4.04. The van der Waals surface area contributed by atoms with Crippen molar-refractivity contribution >= 4 is 22.5 Å². The largest absolute Gasteiger partial charge is 0.337 e. The maximum atomic E-state index is 13.4. The Morgan fingerprint density at radius 1 is 0.917 bits per heavy atom. The number of anilines is 1. The summed E-state index contributed by atoms with van der Waals surface area (Å²) in [5, 5.41) is 7.14. The fourth-order valence-corrected chi connectivity index (χ4v) is 4.04. The number of rotatable bonds is 6. The molecule has 1 amide bonds. The fraction of sp³-hybridized carbons (Fsp3) is 0.148. The minimum atomic E-state index is -0.644. The predicted molar refractivity (Wildman–Crippen MR) is 136 cm³/mol. The molecule has 0 radical (unpaired) electrons. The van der Waals surface area contributed by atoms with Crippen molar-refractivity contribution in [1.29, 1.82) is 0 Å². The first-order valence-electron chi connectivity index (χ1n) is 11.4. The molecule has 0 fully saturated rings. The number of benzene rings is 3. The zero-order valence-electron chi connectivity index (χ0n) is 19.8. The maximum absolute atomic E-state index is 13.4. The van der Waals surface area contributed by atoms with Crippen molar-refractivity contribution in [3.05, 3.63) is 111 Å². The molecule has 0 saturated carbocycles. The average molecular weight is 482 g/mol. The van der Waals surface area contributed by atoms with Crippen LogP contribution in [0.2, 0.25) is 0 Å². The number of para-hydroxylation sites is 1. The second-order valence-corrected chi connectivity index (χ2v) is 8.45. The quantitative estimate of drug-likeness (QED) is 0.397. The molecule has 5 rings (SSSR count). The Bertz CT molecular complexity index is 1700. The molecule has 0 aliphatic heterocycles. The molecule has 9 nitrogen and oxygen atoms in total. The van der Waals surface area contributed by atoms with Crippen LogP contribution in [-0.2, 0) is 17.9 Å². The SMILES string of the molecule is Cc1cccc(NC(=O)Cn2c(=O)n(Cc3nc(-c4ccccc4)no3)c(=O)c3ccccc32)c1C. The van der Waals surface area contributed by atoms with Gasteiger partial charge in [0.05, 0.1) is 10.9 Å². The predicted octanol–water partition coefficient (Wildman–Crippen LogP) is 3.52. The molecule has 180 valence electrons.